The first-order valence-corrected chi connectivity index (χ1v) is 9.51. The van der Waals surface area contributed by atoms with E-state index in [2.05, 4.69) is 31.2 Å². The highest BCUT2D eigenvalue weighted by atomic mass is 32.2. The molecule has 130 valence electrons. The van der Waals surface area contributed by atoms with E-state index in [0.29, 0.717) is 11.8 Å². The first kappa shape index (κ1) is 17.1. The van der Waals surface area contributed by atoms with Crippen LogP contribution in [-0.4, -0.2) is 52.7 Å². The maximum atomic E-state index is 12.7. The summed E-state index contributed by atoms with van der Waals surface area (Å²) >= 11 is 1.91. The van der Waals surface area contributed by atoms with Crippen LogP contribution >= 0.6 is 11.8 Å². The summed E-state index contributed by atoms with van der Waals surface area (Å²) in [5, 5.41) is 0.548. The van der Waals surface area contributed by atoms with Crippen LogP contribution in [0.15, 0.2) is 29.2 Å². The van der Waals surface area contributed by atoms with Crippen LogP contribution in [0.5, 0.6) is 0 Å². The summed E-state index contributed by atoms with van der Waals surface area (Å²) in [5.41, 5.74) is 6.67. The van der Waals surface area contributed by atoms with Gasteiger partial charge in [0.05, 0.1) is 0 Å². The Kier molecular flexibility index (Phi) is 5.33. The van der Waals surface area contributed by atoms with Crippen molar-refractivity contribution in [1.82, 2.24) is 9.80 Å². The lowest BCUT2D eigenvalue weighted by atomic mass is 10.1. The van der Waals surface area contributed by atoms with Crippen molar-refractivity contribution in [3.63, 3.8) is 0 Å². The number of hydrogen-bond acceptors (Lipinski definition) is 3. The zero-order valence-corrected chi connectivity index (χ0v) is 14.9. The van der Waals surface area contributed by atoms with Crippen molar-refractivity contribution in [2.24, 2.45) is 5.73 Å². The maximum Gasteiger partial charge on any atom is 0.315 e. The molecule has 1 atom stereocenters. The fourth-order valence-corrected chi connectivity index (χ4v) is 4.82. The van der Waals surface area contributed by atoms with E-state index >= 15 is 0 Å². The number of likely N-dealkylation sites (tertiary alicyclic amines) is 2. The Labute approximate surface area is 147 Å². The number of rotatable bonds is 3. The predicted molar refractivity (Wildman–Crippen MR) is 95.9 cm³/mol. The minimum Gasteiger partial charge on any atom is -0.351 e. The Balaban J connectivity index is 1.53. The van der Waals surface area contributed by atoms with Gasteiger partial charge in [0.15, 0.2) is 0 Å². The lowest BCUT2D eigenvalue weighted by Gasteiger charge is -2.35. The number of thioether (sulfide) groups is 1. The van der Waals surface area contributed by atoms with Gasteiger partial charge in [0.1, 0.15) is 6.04 Å². The number of aryl methyl sites for hydroxylation is 1. The number of hydrogen-bond donors (Lipinski definition) is 1. The van der Waals surface area contributed by atoms with E-state index in [9.17, 15) is 9.59 Å². The molecule has 0 saturated carbocycles. The van der Waals surface area contributed by atoms with E-state index in [1.165, 1.54) is 15.4 Å². The molecule has 1 aromatic carbocycles. The molecule has 2 fully saturated rings. The van der Waals surface area contributed by atoms with Gasteiger partial charge in [-0.25, -0.2) is 4.79 Å². The van der Waals surface area contributed by atoms with Gasteiger partial charge in [0.25, 0.3) is 0 Å². The van der Waals surface area contributed by atoms with Crippen molar-refractivity contribution in [3.05, 3.63) is 29.8 Å². The second kappa shape index (κ2) is 7.47. The smallest absolute Gasteiger partial charge is 0.315 e. The van der Waals surface area contributed by atoms with Crippen LogP contribution in [0.4, 0.5) is 4.79 Å². The second-order valence-electron chi connectivity index (χ2n) is 6.65. The van der Waals surface area contributed by atoms with E-state index in [-0.39, 0.29) is 11.9 Å². The van der Waals surface area contributed by atoms with Crippen molar-refractivity contribution >= 4 is 23.7 Å². The van der Waals surface area contributed by atoms with Gasteiger partial charge in [-0.05, 0) is 44.7 Å². The van der Waals surface area contributed by atoms with Crippen LogP contribution in [0.3, 0.4) is 0 Å². The largest absolute Gasteiger partial charge is 0.351 e. The molecule has 0 radical (unpaired) electrons. The van der Waals surface area contributed by atoms with E-state index in [1.54, 1.807) is 0 Å². The number of benzene rings is 1. The van der Waals surface area contributed by atoms with Crippen molar-refractivity contribution in [2.45, 2.75) is 48.8 Å². The monoisotopic (exact) mass is 347 g/mol. The minimum atomic E-state index is -0.476. The molecule has 1 aromatic rings. The summed E-state index contributed by atoms with van der Waals surface area (Å²) in [6.07, 6.45) is 3.58. The van der Waals surface area contributed by atoms with Gasteiger partial charge >= 0.3 is 6.03 Å². The Morgan fingerprint density at radius 3 is 2.58 bits per heavy atom. The lowest BCUT2D eigenvalue weighted by Crippen LogP contribution is -2.51. The second-order valence-corrected chi connectivity index (χ2v) is 8.02. The van der Waals surface area contributed by atoms with Gasteiger partial charge in [0, 0.05) is 29.8 Å². The van der Waals surface area contributed by atoms with Crippen molar-refractivity contribution < 1.29 is 9.59 Å². The van der Waals surface area contributed by atoms with Gasteiger partial charge < -0.3 is 15.5 Å². The van der Waals surface area contributed by atoms with Gasteiger partial charge in [-0.2, -0.15) is 0 Å². The maximum absolute atomic E-state index is 12.7. The van der Waals surface area contributed by atoms with Crippen LogP contribution in [0, 0.1) is 6.92 Å². The van der Waals surface area contributed by atoms with Crippen LogP contribution < -0.4 is 5.73 Å². The zero-order chi connectivity index (χ0) is 17.1. The Hall–Kier alpha value is -1.69. The van der Waals surface area contributed by atoms with Crippen LogP contribution in [0.1, 0.15) is 31.2 Å². The van der Waals surface area contributed by atoms with Crippen LogP contribution in [0.25, 0.3) is 0 Å². The van der Waals surface area contributed by atoms with Crippen molar-refractivity contribution in [1.29, 1.82) is 0 Å². The number of nitrogens with two attached hydrogens (primary N) is 1. The molecule has 3 amide bonds. The van der Waals surface area contributed by atoms with E-state index in [1.807, 2.05) is 16.7 Å². The highest BCUT2D eigenvalue weighted by Gasteiger charge is 2.36. The van der Waals surface area contributed by atoms with Gasteiger partial charge in [-0.15, -0.1) is 11.8 Å². The number of piperidine rings is 1. The number of urea groups is 1. The molecule has 2 aliphatic rings. The van der Waals surface area contributed by atoms with E-state index in [0.717, 1.165) is 38.8 Å². The highest BCUT2D eigenvalue weighted by molar-refractivity contribution is 8.00. The van der Waals surface area contributed by atoms with Crippen LogP contribution in [-0.2, 0) is 4.79 Å². The van der Waals surface area contributed by atoms with Crippen LogP contribution in [0.2, 0.25) is 0 Å². The molecule has 24 heavy (non-hydrogen) atoms. The molecule has 0 aromatic heterocycles. The first-order chi connectivity index (χ1) is 11.5. The molecule has 0 spiro atoms. The molecule has 0 bridgehead atoms. The first-order valence-electron chi connectivity index (χ1n) is 8.63. The highest BCUT2D eigenvalue weighted by Crippen LogP contribution is 2.31. The van der Waals surface area contributed by atoms with E-state index < -0.39 is 6.03 Å². The Bertz CT molecular complexity index is 614. The molecule has 2 saturated heterocycles. The molecule has 0 unspecified atom stereocenters. The summed E-state index contributed by atoms with van der Waals surface area (Å²) in [6.45, 7) is 4.25. The quantitative estimate of drug-likeness (QED) is 0.914. The average molecular weight is 347 g/mol. The molecule has 5 nitrogen and oxygen atoms in total. The molecule has 3 rings (SSSR count). The fourth-order valence-electron chi connectivity index (χ4n) is 3.57. The average Bonchev–Trinajstić information content (AvgIpc) is 3.05. The number of primary amides is 1. The normalized spacial score (nSPS) is 22.0. The molecule has 2 aliphatic heterocycles. The molecule has 2 heterocycles. The van der Waals surface area contributed by atoms with Gasteiger partial charge in [-0.1, -0.05) is 17.7 Å². The number of carbonyl (C=O) groups is 2. The summed E-state index contributed by atoms with van der Waals surface area (Å²) in [5.74, 6) is 0.0744. The van der Waals surface area contributed by atoms with Crippen molar-refractivity contribution in [3.8, 4) is 0 Å². The SMILES string of the molecule is Cc1cccc(SC2CCN(C(=O)[C@H]3CCCN3C(N)=O)CC2)c1. The fraction of sp³-hybridized carbons (Fsp3) is 0.556. The third kappa shape index (κ3) is 3.86. The minimum absolute atomic E-state index is 0.0744. The lowest BCUT2D eigenvalue weighted by molar-refractivity contribution is -0.135. The standard InChI is InChI=1S/C18H25N3O2S/c1-13-4-2-5-15(12-13)24-14-7-10-20(11-8-14)17(22)16-6-3-9-21(16)18(19)23/h2,4-5,12,14,16H,3,6-11H2,1H3,(H2,19,23)/t16-/m1/s1. The summed E-state index contributed by atoms with van der Waals surface area (Å²) in [4.78, 5) is 28.9. The predicted octanol–water partition coefficient (Wildman–Crippen LogP) is 2.62. The van der Waals surface area contributed by atoms with E-state index in [4.69, 9.17) is 5.73 Å². The molecular weight excluding hydrogens is 322 g/mol. The third-order valence-corrected chi connectivity index (χ3v) is 6.20. The summed E-state index contributed by atoms with van der Waals surface area (Å²) in [6, 6.07) is 7.75. The summed E-state index contributed by atoms with van der Waals surface area (Å²) < 4.78 is 0. The number of nitrogens with zero attached hydrogens (tertiary/aromatic N) is 2. The topological polar surface area (TPSA) is 66.6 Å². The number of carbonyl (C=O) groups excluding carboxylic acids is 2. The summed E-state index contributed by atoms with van der Waals surface area (Å²) in [7, 11) is 0. The molecule has 6 heteroatoms. The zero-order valence-electron chi connectivity index (χ0n) is 14.1. The molecular formula is C18H25N3O2S. The number of amides is 3. The van der Waals surface area contributed by atoms with Gasteiger partial charge in [0.2, 0.25) is 5.91 Å². The Morgan fingerprint density at radius 2 is 1.92 bits per heavy atom. The third-order valence-electron chi connectivity index (χ3n) is 4.87. The molecule has 0 aliphatic carbocycles. The van der Waals surface area contributed by atoms with Gasteiger partial charge in [-0.3, -0.25) is 4.79 Å². The molecule has 2 N–H and O–H groups in total. The Morgan fingerprint density at radius 1 is 1.17 bits per heavy atom. The van der Waals surface area contributed by atoms with Crippen molar-refractivity contribution in [2.75, 3.05) is 19.6 Å².